The number of aliphatic hydroxyl groups is 1. The number of aryl methyl sites for hydroxylation is 1. The van der Waals surface area contributed by atoms with Gasteiger partial charge in [0.2, 0.25) is 0 Å². The summed E-state index contributed by atoms with van der Waals surface area (Å²) < 4.78 is 13.7. The number of nitrogens with one attached hydrogen (secondary N) is 1. The number of hydrogen-bond acceptors (Lipinski definition) is 4. The van der Waals surface area contributed by atoms with Crippen molar-refractivity contribution >= 4 is 5.69 Å². The highest BCUT2D eigenvalue weighted by Crippen LogP contribution is 2.27. The van der Waals surface area contributed by atoms with Crippen molar-refractivity contribution in [2.75, 3.05) is 18.0 Å². The zero-order valence-electron chi connectivity index (χ0n) is 11.3. The fourth-order valence-electron chi connectivity index (χ4n) is 2.72. The average molecular weight is 276 g/mol. The van der Waals surface area contributed by atoms with Gasteiger partial charge in [-0.25, -0.2) is 4.39 Å². The molecule has 2 aromatic heterocycles. The summed E-state index contributed by atoms with van der Waals surface area (Å²) >= 11 is 0. The number of halogens is 1. The lowest BCUT2D eigenvalue weighted by Gasteiger charge is -2.18. The Hall–Kier alpha value is -1.95. The second kappa shape index (κ2) is 5.20. The topological polar surface area (TPSA) is 65.0 Å². The monoisotopic (exact) mass is 276 g/mol. The van der Waals surface area contributed by atoms with Crippen molar-refractivity contribution in [2.24, 2.45) is 5.92 Å². The van der Waals surface area contributed by atoms with E-state index in [0.717, 1.165) is 11.4 Å². The van der Waals surface area contributed by atoms with Crippen LogP contribution in [0, 0.1) is 18.7 Å². The number of aliphatic hydroxyl groups excluding tert-OH is 1. The van der Waals surface area contributed by atoms with E-state index >= 15 is 0 Å². The predicted molar refractivity (Wildman–Crippen MR) is 72.9 cm³/mol. The first-order chi connectivity index (χ1) is 9.63. The molecule has 0 unspecified atom stereocenters. The molecule has 1 aliphatic rings. The van der Waals surface area contributed by atoms with Crippen LogP contribution in [-0.4, -0.2) is 39.5 Å². The summed E-state index contributed by atoms with van der Waals surface area (Å²) in [6, 6.07) is 3.62. The number of pyridine rings is 1. The van der Waals surface area contributed by atoms with Gasteiger partial charge in [0.1, 0.15) is 0 Å². The van der Waals surface area contributed by atoms with Gasteiger partial charge in [-0.3, -0.25) is 10.1 Å². The summed E-state index contributed by atoms with van der Waals surface area (Å²) in [6.07, 6.45) is 2.98. The molecular formula is C14H17FN4O. The molecular weight excluding hydrogens is 259 g/mol. The lowest BCUT2D eigenvalue weighted by Crippen LogP contribution is -2.22. The van der Waals surface area contributed by atoms with Crippen LogP contribution in [0.1, 0.15) is 11.4 Å². The molecule has 3 rings (SSSR count). The lowest BCUT2D eigenvalue weighted by molar-refractivity contribution is 0.148. The number of aromatic nitrogens is 3. The molecule has 0 bridgehead atoms. The van der Waals surface area contributed by atoms with Gasteiger partial charge < -0.3 is 10.0 Å². The van der Waals surface area contributed by atoms with Crippen LogP contribution in [0.2, 0.25) is 0 Å². The van der Waals surface area contributed by atoms with Gasteiger partial charge in [0.15, 0.2) is 5.82 Å². The van der Waals surface area contributed by atoms with Gasteiger partial charge in [0, 0.05) is 30.9 Å². The molecule has 2 aromatic rings. The van der Waals surface area contributed by atoms with Crippen LogP contribution in [0.15, 0.2) is 24.5 Å². The quantitative estimate of drug-likeness (QED) is 0.886. The molecule has 2 N–H and O–H groups in total. The molecule has 1 saturated heterocycles. The molecule has 20 heavy (non-hydrogen) atoms. The lowest BCUT2D eigenvalue weighted by atomic mass is 10.0. The van der Waals surface area contributed by atoms with E-state index in [2.05, 4.69) is 15.2 Å². The highest BCUT2D eigenvalue weighted by Gasteiger charge is 2.33. The number of nitrogens with zero attached hydrogens (tertiary/aromatic N) is 3. The minimum Gasteiger partial charge on any atom is -0.391 e. The molecule has 2 atom stereocenters. The van der Waals surface area contributed by atoms with Crippen molar-refractivity contribution in [1.29, 1.82) is 0 Å². The maximum absolute atomic E-state index is 13.7. The van der Waals surface area contributed by atoms with E-state index in [1.807, 2.05) is 17.9 Å². The summed E-state index contributed by atoms with van der Waals surface area (Å²) in [4.78, 5) is 5.61. The third kappa shape index (κ3) is 2.51. The Labute approximate surface area is 116 Å². The van der Waals surface area contributed by atoms with Crippen molar-refractivity contribution in [2.45, 2.75) is 19.4 Å². The molecule has 1 fully saturated rings. The van der Waals surface area contributed by atoms with Gasteiger partial charge in [-0.2, -0.15) is 5.10 Å². The third-order valence-electron chi connectivity index (χ3n) is 3.73. The Balaban J connectivity index is 1.72. The maximum atomic E-state index is 13.7. The van der Waals surface area contributed by atoms with E-state index < -0.39 is 6.10 Å². The van der Waals surface area contributed by atoms with Gasteiger partial charge in [-0.1, -0.05) is 0 Å². The van der Waals surface area contributed by atoms with Crippen molar-refractivity contribution in [3.63, 3.8) is 0 Å². The molecule has 106 valence electrons. The minimum absolute atomic E-state index is 0.0604. The Morgan fingerprint density at radius 2 is 2.35 bits per heavy atom. The number of aromatic amines is 1. The van der Waals surface area contributed by atoms with Crippen LogP contribution in [0.25, 0.3) is 0 Å². The first kappa shape index (κ1) is 13.1. The Kier molecular flexibility index (Phi) is 3.40. The van der Waals surface area contributed by atoms with Crippen LogP contribution in [0.4, 0.5) is 10.1 Å². The highest BCUT2D eigenvalue weighted by atomic mass is 19.1. The highest BCUT2D eigenvalue weighted by molar-refractivity contribution is 5.47. The summed E-state index contributed by atoms with van der Waals surface area (Å²) in [5.74, 6) is -0.291. The van der Waals surface area contributed by atoms with Crippen LogP contribution < -0.4 is 4.90 Å². The van der Waals surface area contributed by atoms with E-state index in [0.29, 0.717) is 25.2 Å². The molecule has 0 aromatic carbocycles. The molecule has 0 spiro atoms. The van der Waals surface area contributed by atoms with Crippen molar-refractivity contribution < 1.29 is 9.50 Å². The molecule has 0 radical (unpaired) electrons. The zero-order valence-corrected chi connectivity index (χ0v) is 11.3. The van der Waals surface area contributed by atoms with Crippen molar-refractivity contribution in [3.05, 3.63) is 41.7 Å². The van der Waals surface area contributed by atoms with Crippen LogP contribution in [0.5, 0.6) is 0 Å². The molecule has 6 heteroatoms. The van der Waals surface area contributed by atoms with Gasteiger partial charge in [0.25, 0.3) is 0 Å². The number of β-amino-alcohol motifs (C(OH)–C–C–N with tert-alkyl or cyclic N) is 1. The minimum atomic E-state index is -0.473. The van der Waals surface area contributed by atoms with E-state index in [1.54, 1.807) is 12.3 Å². The normalized spacial score (nSPS) is 22.4. The molecule has 5 nitrogen and oxygen atoms in total. The standard InChI is InChI=1S/C14H17FN4O/c1-9-4-11(18-17-9)5-10-7-19(8-14(10)20)13-2-3-16-6-12(13)15/h2-4,6,10,14,20H,5,7-8H2,1H3,(H,17,18)/t10-,14+/m1/s1. The summed E-state index contributed by atoms with van der Waals surface area (Å²) in [6.45, 7) is 3.00. The summed E-state index contributed by atoms with van der Waals surface area (Å²) in [5.41, 5.74) is 2.44. The second-order valence-corrected chi connectivity index (χ2v) is 5.31. The largest absolute Gasteiger partial charge is 0.391 e. The molecule has 1 aliphatic heterocycles. The number of anilines is 1. The molecule has 0 aliphatic carbocycles. The van der Waals surface area contributed by atoms with Gasteiger partial charge >= 0.3 is 0 Å². The fourth-order valence-corrected chi connectivity index (χ4v) is 2.72. The molecule has 0 saturated carbocycles. The zero-order chi connectivity index (χ0) is 14.1. The van der Waals surface area contributed by atoms with Crippen molar-refractivity contribution in [3.8, 4) is 0 Å². The molecule has 0 amide bonds. The van der Waals surface area contributed by atoms with Crippen LogP contribution in [-0.2, 0) is 6.42 Å². The second-order valence-electron chi connectivity index (χ2n) is 5.31. The van der Waals surface area contributed by atoms with Crippen LogP contribution >= 0.6 is 0 Å². The summed E-state index contributed by atoms with van der Waals surface area (Å²) in [7, 11) is 0. The van der Waals surface area contributed by atoms with E-state index in [-0.39, 0.29) is 11.7 Å². The first-order valence-corrected chi connectivity index (χ1v) is 6.67. The third-order valence-corrected chi connectivity index (χ3v) is 3.73. The Morgan fingerprint density at radius 1 is 1.50 bits per heavy atom. The van der Waals surface area contributed by atoms with Gasteiger partial charge in [-0.15, -0.1) is 0 Å². The van der Waals surface area contributed by atoms with Gasteiger partial charge in [-0.05, 0) is 25.5 Å². The van der Waals surface area contributed by atoms with Gasteiger partial charge in [0.05, 0.1) is 23.7 Å². The Morgan fingerprint density at radius 3 is 3.05 bits per heavy atom. The van der Waals surface area contributed by atoms with Crippen molar-refractivity contribution in [1.82, 2.24) is 15.2 Å². The maximum Gasteiger partial charge on any atom is 0.164 e. The van der Waals surface area contributed by atoms with E-state index in [4.69, 9.17) is 0 Å². The first-order valence-electron chi connectivity index (χ1n) is 6.67. The number of hydrogen-bond donors (Lipinski definition) is 2. The Bertz CT molecular complexity index is 600. The summed E-state index contributed by atoms with van der Waals surface area (Å²) in [5, 5.41) is 17.2. The number of rotatable bonds is 3. The number of H-pyrrole nitrogens is 1. The van der Waals surface area contributed by atoms with E-state index in [1.165, 1.54) is 6.20 Å². The van der Waals surface area contributed by atoms with E-state index in [9.17, 15) is 9.50 Å². The smallest absolute Gasteiger partial charge is 0.164 e. The molecule has 3 heterocycles. The fraction of sp³-hybridized carbons (Fsp3) is 0.429. The SMILES string of the molecule is Cc1cc(C[C@@H]2CN(c3ccncc3F)C[C@@H]2O)n[nH]1. The predicted octanol–water partition coefficient (Wildman–Crippen LogP) is 1.29. The average Bonchev–Trinajstić information content (AvgIpc) is 2.98. The van der Waals surface area contributed by atoms with Crippen LogP contribution in [0.3, 0.4) is 0 Å².